The van der Waals surface area contributed by atoms with Crippen LogP contribution in [0.3, 0.4) is 0 Å². The lowest BCUT2D eigenvalue weighted by Gasteiger charge is -2.13. The Morgan fingerprint density at radius 2 is 2.18 bits per heavy atom. The molecule has 0 atom stereocenters. The fourth-order valence-corrected chi connectivity index (χ4v) is 3.63. The van der Waals surface area contributed by atoms with Gasteiger partial charge >= 0.3 is 0 Å². The number of nitrogens with one attached hydrogen (secondary N) is 1. The summed E-state index contributed by atoms with van der Waals surface area (Å²) in [5, 5.41) is 3.46. The number of fused-ring (bicyclic) bond motifs is 4. The Balaban J connectivity index is 1.46. The number of aromatic nitrogens is 3. The van der Waals surface area contributed by atoms with E-state index in [-0.39, 0.29) is 24.6 Å². The molecule has 8 nitrogen and oxygen atoms in total. The minimum Gasteiger partial charge on any atom is -0.467 e. The molecule has 1 aliphatic carbocycles. The Morgan fingerprint density at radius 3 is 3.04 bits per heavy atom. The summed E-state index contributed by atoms with van der Waals surface area (Å²) in [5.41, 5.74) is 2.90. The van der Waals surface area contributed by atoms with E-state index in [2.05, 4.69) is 15.3 Å². The Kier molecular flexibility index (Phi) is 3.96. The molecule has 1 amide bonds. The molecular weight excluding hydrogens is 360 g/mol. The highest BCUT2D eigenvalue weighted by atomic mass is 16.3. The van der Waals surface area contributed by atoms with E-state index in [1.807, 2.05) is 6.07 Å². The maximum Gasteiger partial charge on any atom is 0.297 e. The first kappa shape index (κ1) is 16.7. The van der Waals surface area contributed by atoms with Crippen LogP contribution in [-0.2, 0) is 30.7 Å². The van der Waals surface area contributed by atoms with Crippen molar-refractivity contribution in [2.75, 3.05) is 0 Å². The molecule has 0 aromatic carbocycles. The molecular formula is C20H18N4O4. The number of furan rings is 2. The number of carbonyl (C=O) groups is 1. The minimum absolute atomic E-state index is 0.131. The maximum absolute atomic E-state index is 12.8. The quantitative estimate of drug-likeness (QED) is 0.585. The molecule has 1 N–H and O–H groups in total. The SMILES string of the molecule is O=C(Cn1cnc2c(oc3nc4c(cc32)CCCC4)c1=O)NCc1ccco1. The zero-order valence-corrected chi connectivity index (χ0v) is 15.1. The average Bonchev–Trinajstić information content (AvgIpc) is 3.35. The lowest BCUT2D eigenvalue weighted by molar-refractivity contribution is -0.122. The summed E-state index contributed by atoms with van der Waals surface area (Å²) < 4.78 is 12.1. The van der Waals surface area contributed by atoms with Crippen molar-refractivity contribution < 1.29 is 13.6 Å². The van der Waals surface area contributed by atoms with Crippen molar-refractivity contribution in [3.63, 3.8) is 0 Å². The molecule has 28 heavy (non-hydrogen) atoms. The van der Waals surface area contributed by atoms with Gasteiger partial charge in [0.05, 0.1) is 24.5 Å². The molecule has 1 aliphatic rings. The van der Waals surface area contributed by atoms with Gasteiger partial charge in [0.1, 0.15) is 17.8 Å². The van der Waals surface area contributed by atoms with Crippen LogP contribution in [0.4, 0.5) is 0 Å². The van der Waals surface area contributed by atoms with Crippen molar-refractivity contribution >= 4 is 28.1 Å². The molecule has 4 heterocycles. The number of hydrogen-bond acceptors (Lipinski definition) is 6. The van der Waals surface area contributed by atoms with Crippen molar-refractivity contribution in [2.45, 2.75) is 38.8 Å². The lowest BCUT2D eigenvalue weighted by atomic mass is 9.95. The van der Waals surface area contributed by atoms with Gasteiger partial charge in [-0.15, -0.1) is 0 Å². The molecule has 5 rings (SSSR count). The lowest BCUT2D eigenvalue weighted by Crippen LogP contribution is -2.31. The number of nitrogens with zero attached hydrogens (tertiary/aromatic N) is 3. The van der Waals surface area contributed by atoms with Crippen LogP contribution in [0.1, 0.15) is 29.9 Å². The number of pyridine rings is 1. The number of carbonyl (C=O) groups excluding carboxylic acids is 1. The van der Waals surface area contributed by atoms with Gasteiger partial charge in [-0.3, -0.25) is 14.2 Å². The molecule has 0 saturated heterocycles. The van der Waals surface area contributed by atoms with Crippen molar-refractivity contribution in [1.82, 2.24) is 19.9 Å². The van der Waals surface area contributed by atoms with E-state index in [9.17, 15) is 9.59 Å². The fraction of sp³-hybridized carbons (Fsp3) is 0.300. The first-order valence-corrected chi connectivity index (χ1v) is 9.28. The topological polar surface area (TPSA) is 103 Å². The van der Waals surface area contributed by atoms with Gasteiger partial charge in [-0.2, -0.15) is 0 Å². The average molecular weight is 378 g/mol. The van der Waals surface area contributed by atoms with Crippen LogP contribution in [0.5, 0.6) is 0 Å². The molecule has 8 heteroatoms. The molecule has 0 aliphatic heterocycles. The smallest absolute Gasteiger partial charge is 0.297 e. The Labute approximate surface area is 159 Å². The van der Waals surface area contributed by atoms with Crippen molar-refractivity contribution in [3.8, 4) is 0 Å². The molecule has 0 fully saturated rings. The van der Waals surface area contributed by atoms with E-state index in [0.29, 0.717) is 17.0 Å². The molecule has 0 spiro atoms. The summed E-state index contributed by atoms with van der Waals surface area (Å²) in [6.45, 7) is 0.111. The first-order chi connectivity index (χ1) is 13.7. The van der Waals surface area contributed by atoms with Gasteiger partial charge < -0.3 is 14.2 Å². The molecule has 142 valence electrons. The van der Waals surface area contributed by atoms with Gasteiger partial charge in [0.15, 0.2) is 0 Å². The summed E-state index contributed by atoms with van der Waals surface area (Å²) in [6, 6.07) is 5.55. The van der Waals surface area contributed by atoms with Crippen LogP contribution < -0.4 is 10.9 Å². The molecule has 0 saturated carbocycles. The minimum atomic E-state index is -0.394. The number of aryl methyl sites for hydroxylation is 2. The third kappa shape index (κ3) is 2.87. The molecule has 0 unspecified atom stereocenters. The van der Waals surface area contributed by atoms with Gasteiger partial charge in [0.2, 0.25) is 17.2 Å². The molecule has 0 bridgehead atoms. The van der Waals surface area contributed by atoms with Crippen LogP contribution in [0.25, 0.3) is 22.2 Å². The van der Waals surface area contributed by atoms with Crippen molar-refractivity contribution in [2.24, 2.45) is 0 Å². The van der Waals surface area contributed by atoms with E-state index >= 15 is 0 Å². The molecule has 4 aromatic rings. The number of amides is 1. The first-order valence-electron chi connectivity index (χ1n) is 9.28. The van der Waals surface area contributed by atoms with Crippen LogP contribution in [-0.4, -0.2) is 20.4 Å². The summed E-state index contributed by atoms with van der Waals surface area (Å²) in [7, 11) is 0. The second kappa shape index (κ2) is 6.63. The van der Waals surface area contributed by atoms with E-state index < -0.39 is 5.56 Å². The number of rotatable bonds is 4. The second-order valence-corrected chi connectivity index (χ2v) is 6.97. The zero-order valence-electron chi connectivity index (χ0n) is 15.1. The van der Waals surface area contributed by atoms with Crippen molar-refractivity contribution in [1.29, 1.82) is 0 Å². The monoisotopic (exact) mass is 378 g/mol. The third-order valence-corrected chi connectivity index (χ3v) is 5.07. The van der Waals surface area contributed by atoms with Gasteiger partial charge in [-0.05, 0) is 49.4 Å². The highest BCUT2D eigenvalue weighted by Crippen LogP contribution is 2.29. The largest absolute Gasteiger partial charge is 0.467 e. The van der Waals surface area contributed by atoms with Crippen LogP contribution >= 0.6 is 0 Å². The highest BCUT2D eigenvalue weighted by molar-refractivity contribution is 6.00. The summed E-state index contributed by atoms with van der Waals surface area (Å²) >= 11 is 0. The van der Waals surface area contributed by atoms with E-state index in [4.69, 9.17) is 8.83 Å². The van der Waals surface area contributed by atoms with Crippen LogP contribution in [0.15, 0.2) is 44.4 Å². The maximum atomic E-state index is 12.8. The Bertz CT molecular complexity index is 1240. The summed E-state index contributed by atoms with van der Waals surface area (Å²) in [5.74, 6) is 0.325. The standard InChI is InChI=1S/C20H18N4O4/c25-16(21-9-13-5-3-7-27-13)10-24-11-22-17-14-8-12-4-1-2-6-15(12)23-19(14)28-18(17)20(24)26/h3,5,7-8,11H,1-2,4,6,9-10H2,(H,21,25). The van der Waals surface area contributed by atoms with Gasteiger partial charge in [0.25, 0.3) is 5.56 Å². The number of hydrogen-bond donors (Lipinski definition) is 1. The molecule has 0 radical (unpaired) electrons. The van der Waals surface area contributed by atoms with E-state index in [1.165, 1.54) is 22.7 Å². The Hall–Kier alpha value is -3.42. The highest BCUT2D eigenvalue weighted by Gasteiger charge is 2.19. The van der Waals surface area contributed by atoms with Gasteiger partial charge in [0, 0.05) is 5.69 Å². The predicted molar refractivity (Wildman–Crippen MR) is 101 cm³/mol. The van der Waals surface area contributed by atoms with Gasteiger partial charge in [-0.25, -0.2) is 9.97 Å². The fourth-order valence-electron chi connectivity index (χ4n) is 3.63. The Morgan fingerprint density at radius 1 is 1.29 bits per heavy atom. The van der Waals surface area contributed by atoms with Crippen LogP contribution in [0.2, 0.25) is 0 Å². The second-order valence-electron chi connectivity index (χ2n) is 6.97. The molecule has 4 aromatic heterocycles. The van der Waals surface area contributed by atoms with E-state index in [0.717, 1.165) is 36.8 Å². The van der Waals surface area contributed by atoms with E-state index in [1.54, 1.807) is 12.1 Å². The summed E-state index contributed by atoms with van der Waals surface area (Å²) in [6.07, 6.45) is 7.09. The predicted octanol–water partition coefficient (Wildman–Crippen LogP) is 2.33. The van der Waals surface area contributed by atoms with Crippen LogP contribution in [0, 0.1) is 0 Å². The third-order valence-electron chi connectivity index (χ3n) is 5.07. The zero-order chi connectivity index (χ0) is 19.1. The van der Waals surface area contributed by atoms with Gasteiger partial charge in [-0.1, -0.05) is 0 Å². The summed E-state index contributed by atoms with van der Waals surface area (Å²) in [4.78, 5) is 33.9. The van der Waals surface area contributed by atoms with Crippen molar-refractivity contribution in [3.05, 3.63) is 58.2 Å². The normalized spacial score (nSPS) is 13.7.